The van der Waals surface area contributed by atoms with Crippen LogP contribution in [0.2, 0.25) is 0 Å². The van der Waals surface area contributed by atoms with Gasteiger partial charge in [-0.3, -0.25) is 0 Å². The molecule has 0 spiro atoms. The zero-order chi connectivity index (χ0) is 14.7. The van der Waals surface area contributed by atoms with Crippen LogP contribution in [-0.2, 0) is 0 Å². The molecule has 0 fully saturated rings. The highest BCUT2D eigenvalue weighted by Crippen LogP contribution is 2.28. The molecule has 2 N–H and O–H groups in total. The third kappa shape index (κ3) is 3.05. The Bertz CT molecular complexity index is 656. The number of aryl methyl sites for hydroxylation is 2. The van der Waals surface area contributed by atoms with Crippen molar-refractivity contribution in [3.8, 4) is 17.4 Å². The van der Waals surface area contributed by atoms with Crippen LogP contribution in [0.5, 0.6) is 17.4 Å². The molecule has 0 atom stereocenters. The lowest BCUT2D eigenvalue weighted by molar-refractivity contribution is 0.407. The van der Waals surface area contributed by atoms with E-state index in [1.165, 1.54) is 0 Å². The largest absolute Gasteiger partial charge is 0.497 e. The zero-order valence-corrected chi connectivity index (χ0v) is 12.5. The van der Waals surface area contributed by atoms with E-state index < -0.39 is 0 Å². The van der Waals surface area contributed by atoms with E-state index in [4.69, 9.17) is 27.4 Å². The summed E-state index contributed by atoms with van der Waals surface area (Å²) in [5, 5.41) is 0. The molecule has 2 rings (SSSR count). The second-order valence-corrected chi connectivity index (χ2v) is 4.85. The molecule has 0 unspecified atom stereocenters. The van der Waals surface area contributed by atoms with Gasteiger partial charge in [-0.25, -0.2) is 4.98 Å². The molecule has 0 aliphatic carbocycles. The number of hydrogen-bond acceptors (Lipinski definition) is 4. The minimum atomic E-state index is 0.271. The summed E-state index contributed by atoms with van der Waals surface area (Å²) in [5.41, 5.74) is 8.22. The molecule has 2 aromatic rings. The molecular weight excluding hydrogens is 272 g/mol. The van der Waals surface area contributed by atoms with Crippen LogP contribution in [0.15, 0.2) is 30.3 Å². The third-order valence-electron chi connectivity index (χ3n) is 2.81. The Balaban J connectivity index is 2.44. The number of hydrogen-bond donors (Lipinski definition) is 1. The van der Waals surface area contributed by atoms with E-state index in [-0.39, 0.29) is 4.99 Å². The van der Waals surface area contributed by atoms with E-state index >= 15 is 0 Å². The van der Waals surface area contributed by atoms with Crippen molar-refractivity contribution in [2.24, 2.45) is 5.73 Å². The fraction of sp³-hybridized carbons (Fsp3) is 0.200. The molecule has 104 valence electrons. The van der Waals surface area contributed by atoms with Gasteiger partial charge < -0.3 is 15.2 Å². The number of thiocarbonyl (C=S) groups is 1. The quantitative estimate of drug-likeness (QED) is 0.876. The Morgan fingerprint density at radius 3 is 2.55 bits per heavy atom. The minimum Gasteiger partial charge on any atom is -0.497 e. The lowest BCUT2D eigenvalue weighted by Crippen LogP contribution is -2.14. The molecule has 0 aliphatic heterocycles. The highest BCUT2D eigenvalue weighted by molar-refractivity contribution is 7.80. The van der Waals surface area contributed by atoms with Gasteiger partial charge in [-0.2, -0.15) is 0 Å². The summed E-state index contributed by atoms with van der Waals surface area (Å²) in [6.45, 7) is 3.83. The number of ether oxygens (including phenoxy) is 2. The topological polar surface area (TPSA) is 57.4 Å². The second kappa shape index (κ2) is 5.88. The monoisotopic (exact) mass is 288 g/mol. The maximum Gasteiger partial charge on any atom is 0.229 e. The van der Waals surface area contributed by atoms with Crippen molar-refractivity contribution in [2.45, 2.75) is 13.8 Å². The Kier molecular flexibility index (Phi) is 4.20. The predicted octanol–water partition coefficient (Wildman–Crippen LogP) is 3.13. The van der Waals surface area contributed by atoms with Crippen molar-refractivity contribution in [2.75, 3.05) is 7.11 Å². The SMILES string of the molecule is COc1cccc(Oc2nc(C)cc(C)c2C(N)=S)c1. The summed E-state index contributed by atoms with van der Waals surface area (Å²) in [4.78, 5) is 4.65. The van der Waals surface area contributed by atoms with Crippen molar-refractivity contribution in [1.82, 2.24) is 4.98 Å². The molecule has 1 aromatic heterocycles. The number of benzene rings is 1. The maximum absolute atomic E-state index is 5.82. The molecule has 0 saturated heterocycles. The van der Waals surface area contributed by atoms with Crippen LogP contribution in [-0.4, -0.2) is 17.1 Å². The van der Waals surface area contributed by atoms with Gasteiger partial charge >= 0.3 is 0 Å². The van der Waals surface area contributed by atoms with E-state index in [0.29, 0.717) is 22.9 Å². The molecule has 0 radical (unpaired) electrons. The van der Waals surface area contributed by atoms with Gasteiger partial charge in [-0.1, -0.05) is 18.3 Å². The Morgan fingerprint density at radius 1 is 1.20 bits per heavy atom. The molecule has 5 heteroatoms. The molecular formula is C15H16N2O2S. The lowest BCUT2D eigenvalue weighted by Gasteiger charge is -2.13. The molecule has 1 heterocycles. The van der Waals surface area contributed by atoms with Gasteiger partial charge in [0.25, 0.3) is 0 Å². The van der Waals surface area contributed by atoms with Gasteiger partial charge in [-0.15, -0.1) is 0 Å². The van der Waals surface area contributed by atoms with Gasteiger partial charge in [0.2, 0.25) is 5.88 Å². The molecule has 0 aliphatic rings. The van der Waals surface area contributed by atoms with Crippen LogP contribution in [0.25, 0.3) is 0 Å². The van der Waals surface area contributed by atoms with Crippen molar-refractivity contribution in [1.29, 1.82) is 0 Å². The van der Waals surface area contributed by atoms with Gasteiger partial charge in [0, 0.05) is 11.8 Å². The molecule has 20 heavy (non-hydrogen) atoms. The van der Waals surface area contributed by atoms with E-state index in [1.54, 1.807) is 13.2 Å². The first-order valence-corrected chi connectivity index (χ1v) is 6.52. The normalized spacial score (nSPS) is 10.2. The standard InChI is InChI=1S/C15H16N2O2S/c1-9-7-10(2)17-15(13(9)14(16)20)19-12-6-4-5-11(8-12)18-3/h4-8H,1-3H3,(H2,16,20). The molecule has 0 bridgehead atoms. The summed E-state index contributed by atoms with van der Waals surface area (Å²) in [6, 6.07) is 9.22. The first-order chi connectivity index (χ1) is 9.51. The van der Waals surface area contributed by atoms with Crippen molar-refractivity contribution in [3.63, 3.8) is 0 Å². The Hall–Kier alpha value is -2.14. The Morgan fingerprint density at radius 2 is 1.90 bits per heavy atom. The zero-order valence-electron chi connectivity index (χ0n) is 11.6. The summed E-state index contributed by atoms with van der Waals surface area (Å²) in [5.74, 6) is 1.76. The van der Waals surface area contributed by atoms with Crippen LogP contribution in [0, 0.1) is 13.8 Å². The van der Waals surface area contributed by atoms with Crippen molar-refractivity contribution >= 4 is 17.2 Å². The minimum absolute atomic E-state index is 0.271. The van der Waals surface area contributed by atoms with Crippen LogP contribution < -0.4 is 15.2 Å². The molecule has 4 nitrogen and oxygen atoms in total. The number of nitrogens with zero attached hydrogens (tertiary/aromatic N) is 1. The maximum atomic E-state index is 5.82. The van der Waals surface area contributed by atoms with Crippen LogP contribution >= 0.6 is 12.2 Å². The van der Waals surface area contributed by atoms with E-state index in [0.717, 1.165) is 11.3 Å². The van der Waals surface area contributed by atoms with Crippen LogP contribution in [0.3, 0.4) is 0 Å². The highest BCUT2D eigenvalue weighted by atomic mass is 32.1. The van der Waals surface area contributed by atoms with Gasteiger partial charge in [-0.05, 0) is 37.6 Å². The Labute approximate surface area is 123 Å². The molecule has 0 saturated carbocycles. The number of pyridine rings is 1. The van der Waals surface area contributed by atoms with Crippen LogP contribution in [0.1, 0.15) is 16.8 Å². The lowest BCUT2D eigenvalue weighted by atomic mass is 10.1. The number of methoxy groups -OCH3 is 1. The summed E-state index contributed by atoms with van der Waals surface area (Å²) < 4.78 is 11.0. The second-order valence-electron chi connectivity index (χ2n) is 4.41. The number of nitrogens with two attached hydrogens (primary N) is 1. The molecule has 0 amide bonds. The first-order valence-electron chi connectivity index (χ1n) is 6.11. The van der Waals surface area contributed by atoms with Gasteiger partial charge in [0.15, 0.2) is 0 Å². The summed E-state index contributed by atoms with van der Waals surface area (Å²) in [6.07, 6.45) is 0. The highest BCUT2D eigenvalue weighted by Gasteiger charge is 2.14. The van der Waals surface area contributed by atoms with Crippen molar-refractivity contribution < 1.29 is 9.47 Å². The van der Waals surface area contributed by atoms with Crippen LogP contribution in [0.4, 0.5) is 0 Å². The third-order valence-corrected chi connectivity index (χ3v) is 3.02. The average Bonchev–Trinajstić information content (AvgIpc) is 2.37. The summed E-state index contributed by atoms with van der Waals surface area (Å²) >= 11 is 5.08. The smallest absolute Gasteiger partial charge is 0.229 e. The number of aromatic nitrogens is 1. The molecule has 1 aromatic carbocycles. The fourth-order valence-electron chi connectivity index (χ4n) is 1.95. The summed E-state index contributed by atoms with van der Waals surface area (Å²) in [7, 11) is 1.61. The van der Waals surface area contributed by atoms with Gasteiger partial charge in [0.05, 0.1) is 12.7 Å². The average molecular weight is 288 g/mol. The van der Waals surface area contributed by atoms with Gasteiger partial charge in [0.1, 0.15) is 16.5 Å². The van der Waals surface area contributed by atoms with E-state index in [1.807, 2.05) is 38.1 Å². The van der Waals surface area contributed by atoms with E-state index in [2.05, 4.69) is 4.98 Å². The fourth-order valence-corrected chi connectivity index (χ4v) is 2.20. The first kappa shape index (κ1) is 14.3. The van der Waals surface area contributed by atoms with E-state index in [9.17, 15) is 0 Å². The predicted molar refractivity (Wildman–Crippen MR) is 82.7 cm³/mol. The van der Waals surface area contributed by atoms with Crippen molar-refractivity contribution in [3.05, 3.63) is 47.2 Å². The number of rotatable bonds is 4.